The van der Waals surface area contributed by atoms with Crippen LogP contribution < -0.4 is 4.90 Å². The van der Waals surface area contributed by atoms with Gasteiger partial charge in [-0.1, -0.05) is 19.9 Å². The van der Waals surface area contributed by atoms with Crippen LogP contribution in [0.5, 0.6) is 0 Å². The average molecular weight is 237 g/mol. The van der Waals surface area contributed by atoms with Gasteiger partial charge in [0, 0.05) is 32.7 Å². The lowest BCUT2D eigenvalue weighted by Crippen LogP contribution is -2.47. The van der Waals surface area contributed by atoms with Crippen molar-refractivity contribution in [2.24, 2.45) is 5.92 Å². The highest BCUT2D eigenvalue weighted by atomic mass is 19.1. The van der Waals surface area contributed by atoms with Crippen molar-refractivity contribution in [2.75, 3.05) is 37.6 Å². The number of hydrogen-bond acceptors (Lipinski definition) is 3. The molecule has 0 atom stereocenters. The van der Waals surface area contributed by atoms with E-state index in [0.717, 1.165) is 38.5 Å². The van der Waals surface area contributed by atoms with E-state index < -0.39 is 5.95 Å². The van der Waals surface area contributed by atoms with Crippen molar-refractivity contribution in [3.8, 4) is 0 Å². The van der Waals surface area contributed by atoms with Crippen molar-refractivity contribution < 1.29 is 4.39 Å². The molecule has 0 aliphatic carbocycles. The number of halogens is 1. The minimum Gasteiger partial charge on any atom is -0.354 e. The van der Waals surface area contributed by atoms with Gasteiger partial charge in [0.05, 0.1) is 0 Å². The fraction of sp³-hybridized carbons (Fsp3) is 0.615. The molecule has 0 amide bonds. The van der Waals surface area contributed by atoms with Gasteiger partial charge in [-0.25, -0.2) is 4.98 Å². The topological polar surface area (TPSA) is 19.4 Å². The Morgan fingerprint density at radius 1 is 1.24 bits per heavy atom. The Balaban J connectivity index is 1.91. The SMILES string of the molecule is CC(C)CN1CCN(c2cccc(F)n2)CC1. The van der Waals surface area contributed by atoms with Crippen LogP contribution in [-0.2, 0) is 0 Å². The summed E-state index contributed by atoms with van der Waals surface area (Å²) < 4.78 is 13.0. The van der Waals surface area contributed by atoms with Gasteiger partial charge in [0.1, 0.15) is 5.82 Å². The van der Waals surface area contributed by atoms with Crippen LogP contribution in [0.15, 0.2) is 18.2 Å². The molecule has 1 aliphatic rings. The third-order valence-electron chi connectivity index (χ3n) is 3.02. The van der Waals surface area contributed by atoms with Crippen molar-refractivity contribution in [2.45, 2.75) is 13.8 Å². The monoisotopic (exact) mass is 237 g/mol. The highest BCUT2D eigenvalue weighted by Crippen LogP contribution is 2.14. The maximum absolute atomic E-state index is 13.0. The van der Waals surface area contributed by atoms with Crippen molar-refractivity contribution in [1.82, 2.24) is 9.88 Å². The lowest BCUT2D eigenvalue weighted by Gasteiger charge is -2.36. The summed E-state index contributed by atoms with van der Waals surface area (Å²) in [6, 6.07) is 4.98. The largest absolute Gasteiger partial charge is 0.354 e. The number of nitrogens with zero attached hydrogens (tertiary/aromatic N) is 3. The Morgan fingerprint density at radius 2 is 1.94 bits per heavy atom. The number of pyridine rings is 1. The van der Waals surface area contributed by atoms with Crippen LogP contribution in [0.1, 0.15) is 13.8 Å². The smallest absolute Gasteiger partial charge is 0.214 e. The van der Waals surface area contributed by atoms with E-state index in [4.69, 9.17) is 0 Å². The zero-order valence-corrected chi connectivity index (χ0v) is 10.6. The predicted octanol–water partition coefficient (Wildman–Crippen LogP) is 2.00. The molecule has 0 N–H and O–H groups in total. The molecule has 1 aromatic rings. The third-order valence-corrected chi connectivity index (χ3v) is 3.02. The second kappa shape index (κ2) is 5.45. The normalized spacial score (nSPS) is 17.8. The fourth-order valence-corrected chi connectivity index (χ4v) is 2.25. The molecule has 3 nitrogen and oxygen atoms in total. The van der Waals surface area contributed by atoms with Crippen LogP contribution in [-0.4, -0.2) is 42.6 Å². The molecule has 94 valence electrons. The molecule has 2 rings (SSSR count). The van der Waals surface area contributed by atoms with E-state index in [1.54, 1.807) is 6.07 Å². The van der Waals surface area contributed by atoms with Gasteiger partial charge in [0.2, 0.25) is 5.95 Å². The van der Waals surface area contributed by atoms with Gasteiger partial charge in [-0.3, -0.25) is 4.90 Å². The minimum absolute atomic E-state index is 0.396. The second-order valence-corrected chi connectivity index (χ2v) is 5.00. The molecule has 1 saturated heterocycles. The lowest BCUT2D eigenvalue weighted by atomic mass is 10.2. The van der Waals surface area contributed by atoms with Gasteiger partial charge in [0.15, 0.2) is 0 Å². The van der Waals surface area contributed by atoms with Crippen molar-refractivity contribution in [3.05, 3.63) is 24.1 Å². The molecule has 1 fully saturated rings. The first-order chi connectivity index (χ1) is 8.15. The third kappa shape index (κ3) is 3.40. The lowest BCUT2D eigenvalue weighted by molar-refractivity contribution is 0.231. The van der Waals surface area contributed by atoms with Crippen LogP contribution >= 0.6 is 0 Å². The Kier molecular flexibility index (Phi) is 3.94. The van der Waals surface area contributed by atoms with Crippen molar-refractivity contribution in [1.29, 1.82) is 0 Å². The van der Waals surface area contributed by atoms with E-state index in [1.807, 2.05) is 6.07 Å². The molecule has 4 heteroatoms. The van der Waals surface area contributed by atoms with Crippen LogP contribution in [0.2, 0.25) is 0 Å². The Labute approximate surface area is 102 Å². The zero-order chi connectivity index (χ0) is 12.3. The molecule has 0 bridgehead atoms. The summed E-state index contributed by atoms with van der Waals surface area (Å²) >= 11 is 0. The summed E-state index contributed by atoms with van der Waals surface area (Å²) in [5, 5.41) is 0. The summed E-state index contributed by atoms with van der Waals surface area (Å²) in [6.45, 7) is 9.56. The van der Waals surface area contributed by atoms with E-state index >= 15 is 0 Å². The van der Waals surface area contributed by atoms with Crippen molar-refractivity contribution >= 4 is 5.82 Å². The second-order valence-electron chi connectivity index (χ2n) is 5.00. The van der Waals surface area contributed by atoms with Crippen LogP contribution in [0.3, 0.4) is 0 Å². The van der Waals surface area contributed by atoms with E-state index in [0.29, 0.717) is 5.92 Å². The Hall–Kier alpha value is -1.16. The van der Waals surface area contributed by atoms with Crippen LogP contribution in [0.25, 0.3) is 0 Å². The predicted molar refractivity (Wildman–Crippen MR) is 67.7 cm³/mol. The summed E-state index contributed by atoms with van der Waals surface area (Å²) in [5.74, 6) is 1.06. The molecule has 1 aliphatic heterocycles. The minimum atomic E-state index is -0.396. The standard InChI is InChI=1S/C13H20FN3/c1-11(2)10-16-6-8-17(9-7-16)13-5-3-4-12(14)15-13/h3-5,11H,6-10H2,1-2H3. The number of rotatable bonds is 3. The average Bonchev–Trinajstić information content (AvgIpc) is 2.29. The molecule has 0 radical (unpaired) electrons. The molecule has 0 spiro atoms. The first-order valence-electron chi connectivity index (χ1n) is 6.25. The van der Waals surface area contributed by atoms with Gasteiger partial charge in [-0.2, -0.15) is 4.39 Å². The van der Waals surface area contributed by atoms with Gasteiger partial charge in [-0.15, -0.1) is 0 Å². The molecule has 0 saturated carbocycles. The first kappa shape index (κ1) is 12.3. The zero-order valence-electron chi connectivity index (χ0n) is 10.6. The fourth-order valence-electron chi connectivity index (χ4n) is 2.25. The van der Waals surface area contributed by atoms with E-state index in [2.05, 4.69) is 28.6 Å². The van der Waals surface area contributed by atoms with Gasteiger partial charge < -0.3 is 4.90 Å². The van der Waals surface area contributed by atoms with Gasteiger partial charge in [0.25, 0.3) is 0 Å². The molecule has 0 unspecified atom stereocenters. The van der Waals surface area contributed by atoms with Gasteiger partial charge in [-0.05, 0) is 18.1 Å². The van der Waals surface area contributed by atoms with Crippen LogP contribution in [0, 0.1) is 11.9 Å². The number of anilines is 1. The molecule has 2 heterocycles. The van der Waals surface area contributed by atoms with E-state index in [9.17, 15) is 4.39 Å². The summed E-state index contributed by atoms with van der Waals surface area (Å²) in [6.07, 6.45) is 0. The highest BCUT2D eigenvalue weighted by Gasteiger charge is 2.18. The number of aromatic nitrogens is 1. The quantitative estimate of drug-likeness (QED) is 0.750. The Bertz CT molecular complexity index is 359. The Morgan fingerprint density at radius 3 is 2.53 bits per heavy atom. The summed E-state index contributed by atoms with van der Waals surface area (Å²) in [5.41, 5.74) is 0. The molecular formula is C13H20FN3. The van der Waals surface area contributed by atoms with E-state index in [1.165, 1.54) is 6.07 Å². The first-order valence-corrected chi connectivity index (χ1v) is 6.25. The highest BCUT2D eigenvalue weighted by molar-refractivity contribution is 5.38. The maximum Gasteiger partial charge on any atom is 0.214 e. The summed E-state index contributed by atoms with van der Waals surface area (Å²) in [4.78, 5) is 8.54. The molecule has 0 aromatic carbocycles. The maximum atomic E-state index is 13.0. The number of piperazine rings is 1. The van der Waals surface area contributed by atoms with Gasteiger partial charge >= 0.3 is 0 Å². The van der Waals surface area contributed by atoms with Crippen molar-refractivity contribution in [3.63, 3.8) is 0 Å². The molecule has 1 aromatic heterocycles. The number of hydrogen-bond donors (Lipinski definition) is 0. The van der Waals surface area contributed by atoms with E-state index in [-0.39, 0.29) is 0 Å². The molecular weight excluding hydrogens is 217 g/mol. The van der Waals surface area contributed by atoms with Crippen LogP contribution in [0.4, 0.5) is 10.2 Å². The summed E-state index contributed by atoms with van der Waals surface area (Å²) in [7, 11) is 0. The molecule has 17 heavy (non-hydrogen) atoms.